The second kappa shape index (κ2) is 12.4. The van der Waals surface area contributed by atoms with Gasteiger partial charge in [-0.15, -0.1) is 0 Å². The van der Waals surface area contributed by atoms with Gasteiger partial charge in [-0.25, -0.2) is 4.79 Å². The summed E-state index contributed by atoms with van der Waals surface area (Å²) in [6, 6.07) is 15.5. The summed E-state index contributed by atoms with van der Waals surface area (Å²) in [5.41, 5.74) is 2.27. The SMILES string of the molecule is COC(=O)CC1Cc2ccc(OCCCCNC(=O)OC(C)(C)C)cc2N(Cc2ccccc2)C1=O. The largest absolute Gasteiger partial charge is 0.494 e. The summed E-state index contributed by atoms with van der Waals surface area (Å²) in [5, 5.41) is 2.74. The Kier molecular flexibility index (Phi) is 9.33. The standard InChI is InChI=1S/C28H36N2O6/c1-28(2,3)36-27(33)29-14-8-9-15-35-23-13-12-21-16-22(17-25(31)34-4)26(32)30(24(21)18-23)19-20-10-6-5-7-11-20/h5-7,10-13,18,22H,8-9,14-17,19H2,1-4H3,(H,29,33). The van der Waals surface area contributed by atoms with Crippen molar-refractivity contribution >= 4 is 23.7 Å². The van der Waals surface area contributed by atoms with Gasteiger partial charge in [-0.2, -0.15) is 0 Å². The summed E-state index contributed by atoms with van der Waals surface area (Å²) in [7, 11) is 1.34. The van der Waals surface area contributed by atoms with Crippen molar-refractivity contribution in [1.29, 1.82) is 0 Å². The minimum Gasteiger partial charge on any atom is -0.494 e. The predicted octanol–water partition coefficient (Wildman–Crippen LogP) is 4.64. The third-order valence-corrected chi connectivity index (χ3v) is 5.76. The summed E-state index contributed by atoms with van der Waals surface area (Å²) in [4.78, 5) is 38.7. The van der Waals surface area contributed by atoms with Gasteiger partial charge < -0.3 is 24.4 Å². The van der Waals surface area contributed by atoms with Crippen molar-refractivity contribution in [2.24, 2.45) is 5.92 Å². The fraction of sp³-hybridized carbons (Fsp3) is 0.464. The van der Waals surface area contributed by atoms with Crippen LogP contribution in [0.3, 0.4) is 0 Å². The van der Waals surface area contributed by atoms with Crippen LogP contribution in [-0.2, 0) is 32.0 Å². The Bertz CT molecular complexity index is 1050. The first-order valence-corrected chi connectivity index (χ1v) is 12.3. The van der Waals surface area contributed by atoms with Crippen LogP contribution in [0.5, 0.6) is 5.75 Å². The van der Waals surface area contributed by atoms with Crippen molar-refractivity contribution in [3.63, 3.8) is 0 Å². The maximum Gasteiger partial charge on any atom is 0.407 e. The number of nitrogens with one attached hydrogen (secondary N) is 1. The molecule has 2 amide bonds. The Labute approximate surface area is 212 Å². The Hall–Kier alpha value is -3.55. The van der Waals surface area contributed by atoms with Gasteiger partial charge in [0, 0.05) is 12.6 Å². The van der Waals surface area contributed by atoms with Gasteiger partial charge in [0.05, 0.1) is 38.3 Å². The van der Waals surface area contributed by atoms with Crippen molar-refractivity contribution in [1.82, 2.24) is 5.32 Å². The van der Waals surface area contributed by atoms with Gasteiger partial charge in [-0.1, -0.05) is 36.4 Å². The summed E-state index contributed by atoms with van der Waals surface area (Å²) >= 11 is 0. The fourth-order valence-electron chi connectivity index (χ4n) is 4.04. The number of fused-ring (bicyclic) bond motifs is 1. The van der Waals surface area contributed by atoms with E-state index in [1.807, 2.05) is 69.3 Å². The lowest BCUT2D eigenvalue weighted by Gasteiger charge is -2.34. The molecule has 1 atom stereocenters. The molecule has 1 heterocycles. The zero-order valence-corrected chi connectivity index (χ0v) is 21.5. The summed E-state index contributed by atoms with van der Waals surface area (Å²) < 4.78 is 16.0. The third-order valence-electron chi connectivity index (χ3n) is 5.76. The molecule has 1 unspecified atom stereocenters. The van der Waals surface area contributed by atoms with E-state index in [0.717, 1.165) is 29.7 Å². The molecule has 1 aliphatic heterocycles. The zero-order chi connectivity index (χ0) is 26.1. The molecule has 0 fully saturated rings. The number of methoxy groups -OCH3 is 1. The second-order valence-corrected chi connectivity index (χ2v) is 9.87. The monoisotopic (exact) mass is 496 g/mol. The van der Waals surface area contributed by atoms with Gasteiger partial charge >= 0.3 is 12.1 Å². The maximum absolute atomic E-state index is 13.4. The number of benzene rings is 2. The van der Waals surface area contributed by atoms with E-state index in [9.17, 15) is 14.4 Å². The van der Waals surface area contributed by atoms with E-state index in [-0.39, 0.29) is 12.3 Å². The van der Waals surface area contributed by atoms with E-state index < -0.39 is 23.6 Å². The van der Waals surface area contributed by atoms with Crippen LogP contribution < -0.4 is 15.0 Å². The molecule has 0 saturated heterocycles. The number of esters is 1. The highest BCUT2D eigenvalue weighted by Crippen LogP contribution is 2.36. The summed E-state index contributed by atoms with van der Waals surface area (Å²) in [5.74, 6) is -0.274. The highest BCUT2D eigenvalue weighted by atomic mass is 16.6. The number of ether oxygens (including phenoxy) is 3. The number of carbonyl (C=O) groups is 3. The molecule has 36 heavy (non-hydrogen) atoms. The van der Waals surface area contributed by atoms with Gasteiger partial charge in [-0.05, 0) is 57.2 Å². The molecule has 0 spiro atoms. The number of carbonyl (C=O) groups excluding carboxylic acids is 3. The lowest BCUT2D eigenvalue weighted by Crippen LogP contribution is -2.41. The lowest BCUT2D eigenvalue weighted by atomic mass is 9.89. The minimum atomic E-state index is -0.519. The lowest BCUT2D eigenvalue weighted by molar-refractivity contribution is -0.143. The number of hydrogen-bond donors (Lipinski definition) is 1. The Morgan fingerprint density at radius 1 is 1.08 bits per heavy atom. The average molecular weight is 497 g/mol. The van der Waals surface area contributed by atoms with Crippen LogP contribution in [0.2, 0.25) is 0 Å². The van der Waals surface area contributed by atoms with Crippen LogP contribution in [-0.4, -0.2) is 43.8 Å². The number of hydrogen-bond acceptors (Lipinski definition) is 6. The van der Waals surface area contributed by atoms with Crippen molar-refractivity contribution in [3.05, 3.63) is 59.7 Å². The van der Waals surface area contributed by atoms with Gasteiger partial charge in [-0.3, -0.25) is 9.59 Å². The topological polar surface area (TPSA) is 94.2 Å². The Morgan fingerprint density at radius 2 is 1.83 bits per heavy atom. The molecule has 2 aromatic rings. The summed E-state index contributed by atoms with van der Waals surface area (Å²) in [6.45, 7) is 6.87. The molecule has 0 aromatic heterocycles. The van der Waals surface area contributed by atoms with E-state index >= 15 is 0 Å². The van der Waals surface area contributed by atoms with E-state index in [1.54, 1.807) is 4.90 Å². The number of unbranched alkanes of at least 4 members (excludes halogenated alkanes) is 1. The number of nitrogens with zero attached hydrogens (tertiary/aromatic N) is 1. The average Bonchev–Trinajstić information content (AvgIpc) is 2.83. The van der Waals surface area contributed by atoms with Crippen molar-refractivity contribution in [2.75, 3.05) is 25.2 Å². The quantitative estimate of drug-likeness (QED) is 0.380. The van der Waals surface area contributed by atoms with Crippen molar-refractivity contribution in [2.45, 2.75) is 58.6 Å². The van der Waals surface area contributed by atoms with Crippen LogP contribution in [0.4, 0.5) is 10.5 Å². The first kappa shape index (κ1) is 27.0. The van der Waals surface area contributed by atoms with Crippen molar-refractivity contribution in [3.8, 4) is 5.75 Å². The first-order valence-electron chi connectivity index (χ1n) is 12.3. The molecule has 8 heteroatoms. The number of alkyl carbamates (subject to hydrolysis) is 1. The Morgan fingerprint density at radius 3 is 2.53 bits per heavy atom. The van der Waals surface area contributed by atoms with Gasteiger partial charge in [0.2, 0.25) is 5.91 Å². The molecule has 0 saturated carbocycles. The molecule has 0 bridgehead atoms. The van der Waals surface area contributed by atoms with E-state index in [0.29, 0.717) is 31.9 Å². The molecule has 3 rings (SSSR count). The van der Waals surface area contributed by atoms with Gasteiger partial charge in [0.15, 0.2) is 0 Å². The number of amides is 2. The van der Waals surface area contributed by atoms with Gasteiger partial charge in [0.25, 0.3) is 0 Å². The third kappa shape index (κ3) is 8.00. The molecule has 0 aliphatic carbocycles. The Balaban J connectivity index is 1.62. The summed E-state index contributed by atoms with van der Waals surface area (Å²) in [6.07, 6.45) is 1.60. The fourth-order valence-corrected chi connectivity index (χ4v) is 4.04. The highest BCUT2D eigenvalue weighted by Gasteiger charge is 2.34. The normalized spacial score (nSPS) is 15.2. The van der Waals surface area contributed by atoms with Crippen LogP contribution in [0.1, 0.15) is 51.2 Å². The molecule has 1 N–H and O–H groups in total. The van der Waals surface area contributed by atoms with E-state index in [4.69, 9.17) is 14.2 Å². The minimum absolute atomic E-state index is 0.0512. The smallest absolute Gasteiger partial charge is 0.407 e. The van der Waals surface area contributed by atoms with Crippen molar-refractivity contribution < 1.29 is 28.6 Å². The van der Waals surface area contributed by atoms with E-state index in [2.05, 4.69) is 5.32 Å². The molecular formula is C28H36N2O6. The van der Waals surface area contributed by atoms with Crippen LogP contribution >= 0.6 is 0 Å². The number of rotatable bonds is 10. The number of anilines is 1. The van der Waals surface area contributed by atoms with Crippen LogP contribution in [0.25, 0.3) is 0 Å². The molecule has 2 aromatic carbocycles. The maximum atomic E-state index is 13.4. The molecular weight excluding hydrogens is 460 g/mol. The zero-order valence-electron chi connectivity index (χ0n) is 21.5. The van der Waals surface area contributed by atoms with Crippen LogP contribution in [0, 0.1) is 5.92 Å². The molecule has 0 radical (unpaired) electrons. The molecule has 8 nitrogen and oxygen atoms in total. The highest BCUT2D eigenvalue weighted by molar-refractivity contribution is 5.99. The predicted molar refractivity (Wildman–Crippen MR) is 137 cm³/mol. The molecule has 1 aliphatic rings. The second-order valence-electron chi connectivity index (χ2n) is 9.87. The van der Waals surface area contributed by atoms with E-state index in [1.165, 1.54) is 7.11 Å². The van der Waals surface area contributed by atoms with Gasteiger partial charge in [0.1, 0.15) is 11.4 Å². The first-order chi connectivity index (χ1) is 17.2. The van der Waals surface area contributed by atoms with Crippen LogP contribution in [0.15, 0.2) is 48.5 Å². The molecule has 194 valence electrons.